The molecule has 0 spiro atoms. The van der Waals surface area contributed by atoms with Crippen molar-refractivity contribution in [2.24, 2.45) is 0 Å². The Balaban J connectivity index is 1.42. The molecule has 0 radical (unpaired) electrons. The van der Waals surface area contributed by atoms with E-state index in [0.29, 0.717) is 28.7 Å². The number of thioether (sulfide) groups is 1. The van der Waals surface area contributed by atoms with Gasteiger partial charge in [0.05, 0.1) is 17.7 Å². The second kappa shape index (κ2) is 8.52. The summed E-state index contributed by atoms with van der Waals surface area (Å²) in [5.74, 6) is 2.00. The zero-order valence-electron chi connectivity index (χ0n) is 16.1. The Bertz CT molecular complexity index is 1200. The molecule has 0 aliphatic carbocycles. The minimum absolute atomic E-state index is 0.0810. The van der Waals surface area contributed by atoms with E-state index in [1.165, 1.54) is 23.1 Å². The van der Waals surface area contributed by atoms with Crippen molar-refractivity contribution in [3.8, 4) is 5.75 Å². The van der Waals surface area contributed by atoms with Gasteiger partial charge in [0.1, 0.15) is 16.4 Å². The normalized spacial score (nSPS) is 11.1. The number of benzene rings is 1. The molecule has 0 bridgehead atoms. The number of fused-ring (bicyclic) bond motifs is 1. The number of anilines is 2. The predicted molar refractivity (Wildman–Crippen MR) is 120 cm³/mol. The number of thiophene rings is 1. The molecular formula is C19H19N5O2S3. The topological polar surface area (TPSA) is 92.8 Å². The maximum atomic E-state index is 12.4. The summed E-state index contributed by atoms with van der Waals surface area (Å²) in [7, 11) is 0. The van der Waals surface area contributed by atoms with Crippen LogP contribution in [0.2, 0.25) is 0 Å². The zero-order chi connectivity index (χ0) is 20.4. The first-order valence-corrected chi connectivity index (χ1v) is 11.6. The lowest BCUT2D eigenvalue weighted by Crippen LogP contribution is -2.10. The number of nitrogens with zero attached hydrogens (tertiary/aromatic N) is 3. The smallest absolute Gasteiger partial charge is 0.259 e. The average molecular weight is 446 g/mol. The van der Waals surface area contributed by atoms with E-state index in [2.05, 4.69) is 25.5 Å². The standard InChI is InChI=1S/C19H19N5O2S3/c1-4-26-13-7-5-12(6-8-13)20-18-23-24-19(29-18)27-9-14-21-16(25)15-10(2)11(3)28-17(15)22-14/h5-8H,4,9H2,1-3H3,(H,20,23)(H,21,22,25). The largest absolute Gasteiger partial charge is 0.494 e. The second-order valence-electron chi connectivity index (χ2n) is 6.22. The van der Waals surface area contributed by atoms with Gasteiger partial charge in [-0.1, -0.05) is 23.1 Å². The Morgan fingerprint density at radius 1 is 1.17 bits per heavy atom. The van der Waals surface area contributed by atoms with Crippen molar-refractivity contribution < 1.29 is 4.74 Å². The van der Waals surface area contributed by atoms with E-state index in [1.54, 1.807) is 11.3 Å². The molecule has 0 fully saturated rings. The number of aryl methyl sites for hydroxylation is 2. The van der Waals surface area contributed by atoms with Crippen molar-refractivity contribution in [3.63, 3.8) is 0 Å². The maximum Gasteiger partial charge on any atom is 0.259 e. The van der Waals surface area contributed by atoms with Crippen LogP contribution in [-0.4, -0.2) is 26.8 Å². The summed E-state index contributed by atoms with van der Waals surface area (Å²) in [6, 6.07) is 7.70. The molecule has 7 nitrogen and oxygen atoms in total. The van der Waals surface area contributed by atoms with Crippen LogP contribution in [0.4, 0.5) is 10.8 Å². The summed E-state index contributed by atoms with van der Waals surface area (Å²) < 4.78 is 6.25. The van der Waals surface area contributed by atoms with Crippen LogP contribution in [0.1, 0.15) is 23.2 Å². The first-order valence-electron chi connectivity index (χ1n) is 8.98. The molecule has 0 saturated carbocycles. The highest BCUT2D eigenvalue weighted by Crippen LogP contribution is 2.31. The van der Waals surface area contributed by atoms with Crippen LogP contribution in [0, 0.1) is 13.8 Å². The van der Waals surface area contributed by atoms with Crippen molar-refractivity contribution in [3.05, 3.63) is 50.9 Å². The molecule has 1 aromatic carbocycles. The monoisotopic (exact) mass is 445 g/mol. The van der Waals surface area contributed by atoms with Crippen LogP contribution >= 0.6 is 34.4 Å². The van der Waals surface area contributed by atoms with Crippen molar-refractivity contribution in [2.45, 2.75) is 30.9 Å². The fourth-order valence-electron chi connectivity index (χ4n) is 2.74. The molecule has 0 saturated heterocycles. The Kier molecular flexibility index (Phi) is 5.84. The molecule has 3 aromatic heterocycles. The second-order valence-corrected chi connectivity index (χ2v) is 9.62. The molecule has 10 heteroatoms. The van der Waals surface area contributed by atoms with E-state index in [1.807, 2.05) is 45.0 Å². The van der Waals surface area contributed by atoms with Crippen LogP contribution in [0.3, 0.4) is 0 Å². The number of aromatic nitrogens is 4. The average Bonchev–Trinajstić information content (AvgIpc) is 3.26. The summed E-state index contributed by atoms with van der Waals surface area (Å²) in [5.41, 5.74) is 1.84. The number of H-pyrrole nitrogens is 1. The molecular weight excluding hydrogens is 426 g/mol. The molecule has 29 heavy (non-hydrogen) atoms. The van der Waals surface area contributed by atoms with Crippen molar-refractivity contribution in [1.29, 1.82) is 0 Å². The Morgan fingerprint density at radius 2 is 1.97 bits per heavy atom. The summed E-state index contributed by atoms with van der Waals surface area (Å²) in [6.45, 7) is 6.57. The van der Waals surface area contributed by atoms with Gasteiger partial charge in [0.2, 0.25) is 5.13 Å². The van der Waals surface area contributed by atoms with Crippen molar-refractivity contribution in [2.75, 3.05) is 11.9 Å². The highest BCUT2D eigenvalue weighted by Gasteiger charge is 2.13. The summed E-state index contributed by atoms with van der Waals surface area (Å²) in [5, 5.41) is 13.0. The Hall–Kier alpha value is -2.43. The van der Waals surface area contributed by atoms with Crippen molar-refractivity contribution >= 4 is 55.5 Å². The van der Waals surface area contributed by atoms with Gasteiger partial charge in [0.25, 0.3) is 5.56 Å². The molecule has 4 aromatic rings. The fraction of sp³-hybridized carbons (Fsp3) is 0.263. The lowest BCUT2D eigenvalue weighted by molar-refractivity contribution is 0.340. The zero-order valence-corrected chi connectivity index (χ0v) is 18.6. The maximum absolute atomic E-state index is 12.4. The Morgan fingerprint density at radius 3 is 2.72 bits per heavy atom. The summed E-state index contributed by atoms with van der Waals surface area (Å²) in [4.78, 5) is 21.8. The number of hydrogen-bond acceptors (Lipinski definition) is 9. The van der Waals surface area contributed by atoms with Gasteiger partial charge in [0.15, 0.2) is 4.34 Å². The van der Waals surface area contributed by atoms with Gasteiger partial charge in [-0.3, -0.25) is 4.79 Å². The van der Waals surface area contributed by atoms with E-state index < -0.39 is 0 Å². The van der Waals surface area contributed by atoms with Gasteiger partial charge in [-0.25, -0.2) is 4.98 Å². The highest BCUT2D eigenvalue weighted by molar-refractivity contribution is 8.00. The van der Waals surface area contributed by atoms with Crippen molar-refractivity contribution in [1.82, 2.24) is 20.2 Å². The lowest BCUT2D eigenvalue weighted by atomic mass is 10.2. The van der Waals surface area contributed by atoms with Crippen LogP contribution in [-0.2, 0) is 5.75 Å². The van der Waals surface area contributed by atoms with Crippen LogP contribution in [0.25, 0.3) is 10.2 Å². The fourth-order valence-corrected chi connectivity index (χ4v) is 5.43. The van der Waals surface area contributed by atoms with Crippen LogP contribution < -0.4 is 15.6 Å². The first-order chi connectivity index (χ1) is 14.0. The molecule has 0 unspecified atom stereocenters. The number of nitrogens with one attached hydrogen (secondary N) is 2. The first kappa shape index (κ1) is 19.9. The molecule has 4 rings (SSSR count). The van der Waals surface area contributed by atoms with E-state index in [4.69, 9.17) is 4.74 Å². The molecule has 2 N–H and O–H groups in total. The Labute approximate surface area is 179 Å². The van der Waals surface area contributed by atoms with E-state index in [9.17, 15) is 4.79 Å². The van der Waals surface area contributed by atoms with E-state index >= 15 is 0 Å². The SMILES string of the molecule is CCOc1ccc(Nc2nnc(SCc3nc4sc(C)c(C)c4c(=O)[nH]3)s2)cc1. The third-order valence-corrected chi connectivity index (χ3v) is 7.33. The van der Waals surface area contributed by atoms with Gasteiger partial charge >= 0.3 is 0 Å². The minimum Gasteiger partial charge on any atom is -0.494 e. The van der Waals surface area contributed by atoms with Crippen LogP contribution in [0.5, 0.6) is 5.75 Å². The predicted octanol–water partition coefficient (Wildman–Crippen LogP) is 4.89. The molecule has 0 aliphatic rings. The third kappa shape index (κ3) is 4.44. The van der Waals surface area contributed by atoms with Crippen LogP contribution in [0.15, 0.2) is 33.4 Å². The van der Waals surface area contributed by atoms with E-state index in [-0.39, 0.29) is 5.56 Å². The number of ether oxygens (including phenoxy) is 1. The molecule has 0 atom stereocenters. The van der Waals surface area contributed by atoms with E-state index in [0.717, 1.165) is 31.0 Å². The van der Waals surface area contributed by atoms with Gasteiger partial charge in [-0.2, -0.15) is 0 Å². The van der Waals surface area contributed by atoms with Gasteiger partial charge in [-0.05, 0) is 50.6 Å². The number of hydrogen-bond donors (Lipinski definition) is 2. The van der Waals surface area contributed by atoms with Gasteiger partial charge < -0.3 is 15.0 Å². The molecule has 3 heterocycles. The lowest BCUT2D eigenvalue weighted by Gasteiger charge is -2.05. The number of aromatic amines is 1. The molecule has 150 valence electrons. The molecule has 0 aliphatic heterocycles. The molecule has 0 amide bonds. The van der Waals surface area contributed by atoms with Gasteiger partial charge in [-0.15, -0.1) is 21.5 Å². The minimum atomic E-state index is -0.0810. The summed E-state index contributed by atoms with van der Waals surface area (Å²) in [6.07, 6.45) is 0. The third-order valence-electron chi connectivity index (χ3n) is 4.24. The summed E-state index contributed by atoms with van der Waals surface area (Å²) >= 11 is 4.51. The highest BCUT2D eigenvalue weighted by atomic mass is 32.2. The number of rotatable bonds is 7. The van der Waals surface area contributed by atoms with Gasteiger partial charge in [0, 0.05) is 10.6 Å². The quantitative estimate of drug-likeness (QED) is 0.391.